The fourth-order valence-electron chi connectivity index (χ4n) is 1.33. The summed E-state index contributed by atoms with van der Waals surface area (Å²) in [6, 6.07) is 0.597. The Labute approximate surface area is 105 Å². The van der Waals surface area contributed by atoms with Crippen molar-refractivity contribution in [2.45, 2.75) is 32.9 Å². The van der Waals surface area contributed by atoms with Crippen LogP contribution in [0.5, 0.6) is 0 Å². The van der Waals surface area contributed by atoms with Gasteiger partial charge in [0.15, 0.2) is 0 Å². The molecule has 0 spiro atoms. The highest BCUT2D eigenvalue weighted by molar-refractivity contribution is 5.78. The molecule has 0 bridgehead atoms. The first-order valence-electron chi connectivity index (χ1n) is 6.16. The van der Waals surface area contributed by atoms with Gasteiger partial charge in [0.2, 0.25) is 5.91 Å². The third-order valence-corrected chi connectivity index (χ3v) is 2.63. The van der Waals surface area contributed by atoms with E-state index in [9.17, 15) is 4.79 Å². The van der Waals surface area contributed by atoms with Gasteiger partial charge in [0.1, 0.15) is 0 Å². The molecule has 5 nitrogen and oxygen atoms in total. The third kappa shape index (κ3) is 9.09. The quantitative estimate of drug-likeness (QED) is 0.564. The minimum Gasteiger partial charge on any atom is -0.383 e. The number of hydrogen-bond donors (Lipinski definition) is 2. The van der Waals surface area contributed by atoms with Crippen molar-refractivity contribution < 1.29 is 9.53 Å². The second-order valence-electron chi connectivity index (χ2n) is 4.68. The van der Waals surface area contributed by atoms with E-state index in [1.165, 1.54) is 0 Å². The van der Waals surface area contributed by atoms with Crippen LogP contribution in [-0.4, -0.2) is 63.3 Å². The van der Waals surface area contributed by atoms with E-state index in [1.807, 2.05) is 6.92 Å². The fraction of sp³-hybridized carbons (Fsp3) is 0.917. The topological polar surface area (TPSA) is 53.6 Å². The van der Waals surface area contributed by atoms with E-state index >= 15 is 0 Å². The molecule has 0 aromatic carbocycles. The van der Waals surface area contributed by atoms with Crippen LogP contribution in [0.25, 0.3) is 0 Å². The summed E-state index contributed by atoms with van der Waals surface area (Å²) >= 11 is 0. The Morgan fingerprint density at radius 3 is 2.53 bits per heavy atom. The number of carbonyl (C=O) groups is 1. The lowest BCUT2D eigenvalue weighted by atomic mass is 10.3. The summed E-state index contributed by atoms with van der Waals surface area (Å²) in [5.41, 5.74) is 0. The average molecular weight is 245 g/mol. The molecule has 0 heterocycles. The van der Waals surface area contributed by atoms with E-state index in [-0.39, 0.29) is 11.9 Å². The van der Waals surface area contributed by atoms with Crippen LogP contribution in [-0.2, 0) is 9.53 Å². The summed E-state index contributed by atoms with van der Waals surface area (Å²) in [6.45, 7) is 8.90. The molecule has 5 heteroatoms. The molecule has 1 atom stereocenters. The molecule has 0 aromatic rings. The second-order valence-corrected chi connectivity index (χ2v) is 4.68. The molecule has 0 aliphatic rings. The fourth-order valence-corrected chi connectivity index (χ4v) is 1.33. The molecule has 0 saturated carbocycles. The van der Waals surface area contributed by atoms with E-state index in [0.29, 0.717) is 19.2 Å². The normalized spacial score (nSPS) is 13.1. The van der Waals surface area contributed by atoms with Crippen LogP contribution >= 0.6 is 0 Å². The summed E-state index contributed by atoms with van der Waals surface area (Å²) in [4.78, 5) is 13.7. The van der Waals surface area contributed by atoms with Crippen molar-refractivity contribution in [1.82, 2.24) is 15.5 Å². The van der Waals surface area contributed by atoms with Crippen molar-refractivity contribution in [1.29, 1.82) is 0 Å². The number of nitrogens with one attached hydrogen (secondary N) is 2. The van der Waals surface area contributed by atoms with Gasteiger partial charge in [-0.2, -0.15) is 0 Å². The minimum atomic E-state index is 0.0155. The van der Waals surface area contributed by atoms with Crippen molar-refractivity contribution in [2.75, 3.05) is 40.4 Å². The highest BCUT2D eigenvalue weighted by atomic mass is 16.5. The molecule has 0 aromatic heterocycles. The molecule has 0 saturated heterocycles. The van der Waals surface area contributed by atoms with E-state index in [4.69, 9.17) is 4.74 Å². The van der Waals surface area contributed by atoms with Crippen molar-refractivity contribution >= 4 is 5.91 Å². The summed E-state index contributed by atoms with van der Waals surface area (Å²) < 4.78 is 4.95. The molecular formula is C12H27N3O2. The molecule has 1 unspecified atom stereocenters. The Bertz CT molecular complexity index is 210. The molecule has 102 valence electrons. The van der Waals surface area contributed by atoms with Crippen molar-refractivity contribution in [3.8, 4) is 0 Å². The molecule has 0 fully saturated rings. The van der Waals surface area contributed by atoms with Gasteiger partial charge in [-0.15, -0.1) is 0 Å². The largest absolute Gasteiger partial charge is 0.383 e. The van der Waals surface area contributed by atoms with Crippen LogP contribution in [0.4, 0.5) is 0 Å². The van der Waals surface area contributed by atoms with Gasteiger partial charge in [0.25, 0.3) is 0 Å². The van der Waals surface area contributed by atoms with E-state index in [0.717, 1.165) is 13.1 Å². The number of rotatable bonds is 9. The summed E-state index contributed by atoms with van der Waals surface area (Å²) in [6.07, 6.45) is 0. The maximum absolute atomic E-state index is 11.5. The van der Waals surface area contributed by atoms with Crippen LogP contribution < -0.4 is 10.6 Å². The first-order valence-corrected chi connectivity index (χ1v) is 6.16. The number of methoxy groups -OCH3 is 1. The molecular weight excluding hydrogens is 218 g/mol. The van der Waals surface area contributed by atoms with Gasteiger partial charge in [-0.05, 0) is 27.8 Å². The van der Waals surface area contributed by atoms with Crippen molar-refractivity contribution in [3.63, 3.8) is 0 Å². The number of likely N-dealkylation sites (N-methyl/N-ethyl adjacent to an activating group) is 1. The Morgan fingerprint density at radius 2 is 2.00 bits per heavy atom. The lowest BCUT2D eigenvalue weighted by Gasteiger charge is -2.21. The van der Waals surface area contributed by atoms with E-state index < -0.39 is 0 Å². The molecule has 0 radical (unpaired) electrons. The molecule has 0 aliphatic heterocycles. The number of carbonyl (C=O) groups excluding carboxylic acids is 1. The number of hydrogen-bond acceptors (Lipinski definition) is 4. The number of nitrogens with zero attached hydrogens (tertiary/aromatic N) is 1. The van der Waals surface area contributed by atoms with Crippen LogP contribution in [0.15, 0.2) is 0 Å². The smallest absolute Gasteiger partial charge is 0.234 e. The van der Waals surface area contributed by atoms with Gasteiger partial charge in [-0.1, -0.05) is 0 Å². The molecule has 1 amide bonds. The minimum absolute atomic E-state index is 0.0155. The van der Waals surface area contributed by atoms with E-state index in [1.54, 1.807) is 7.11 Å². The summed E-state index contributed by atoms with van der Waals surface area (Å²) in [5, 5.41) is 5.98. The maximum atomic E-state index is 11.5. The van der Waals surface area contributed by atoms with Gasteiger partial charge in [0.05, 0.1) is 13.2 Å². The lowest BCUT2D eigenvalue weighted by molar-refractivity contribution is -0.121. The van der Waals surface area contributed by atoms with Gasteiger partial charge in [-0.25, -0.2) is 0 Å². The third-order valence-electron chi connectivity index (χ3n) is 2.63. The van der Waals surface area contributed by atoms with Crippen LogP contribution in [0.1, 0.15) is 20.8 Å². The Balaban J connectivity index is 3.51. The van der Waals surface area contributed by atoms with Crippen LogP contribution in [0, 0.1) is 0 Å². The summed E-state index contributed by atoms with van der Waals surface area (Å²) in [7, 11) is 3.70. The summed E-state index contributed by atoms with van der Waals surface area (Å²) in [5.74, 6) is 0.0155. The lowest BCUT2D eigenvalue weighted by Crippen LogP contribution is -2.42. The Kier molecular flexibility index (Phi) is 9.03. The zero-order chi connectivity index (χ0) is 13.3. The zero-order valence-corrected chi connectivity index (χ0v) is 11.7. The Morgan fingerprint density at radius 1 is 1.35 bits per heavy atom. The molecule has 2 N–H and O–H groups in total. The molecule has 0 rings (SSSR count). The predicted octanol–water partition coefficient (Wildman–Crippen LogP) is 0.0673. The highest BCUT2D eigenvalue weighted by Crippen LogP contribution is 1.90. The molecule has 17 heavy (non-hydrogen) atoms. The molecule has 0 aliphatic carbocycles. The zero-order valence-electron chi connectivity index (χ0n) is 11.7. The SMILES string of the molecule is COCC(C)NC(=O)CNCCN(C)C(C)C. The standard InChI is InChI=1S/C12H27N3O2/c1-10(2)15(4)7-6-13-8-12(16)14-11(3)9-17-5/h10-11,13H,6-9H2,1-5H3,(H,14,16). The van der Waals surface area contributed by atoms with Gasteiger partial charge < -0.3 is 20.3 Å². The number of ether oxygens (including phenoxy) is 1. The van der Waals surface area contributed by atoms with Crippen LogP contribution in [0.2, 0.25) is 0 Å². The van der Waals surface area contributed by atoms with Crippen LogP contribution in [0.3, 0.4) is 0 Å². The van der Waals surface area contributed by atoms with E-state index in [2.05, 4.69) is 36.4 Å². The highest BCUT2D eigenvalue weighted by Gasteiger charge is 2.06. The van der Waals surface area contributed by atoms with Gasteiger partial charge in [-0.3, -0.25) is 4.79 Å². The second kappa shape index (κ2) is 9.39. The predicted molar refractivity (Wildman–Crippen MR) is 70.1 cm³/mol. The maximum Gasteiger partial charge on any atom is 0.234 e. The first-order chi connectivity index (χ1) is 7.97. The average Bonchev–Trinajstić information content (AvgIpc) is 2.24. The van der Waals surface area contributed by atoms with Crippen molar-refractivity contribution in [3.05, 3.63) is 0 Å². The first kappa shape index (κ1) is 16.4. The van der Waals surface area contributed by atoms with Gasteiger partial charge >= 0.3 is 0 Å². The monoisotopic (exact) mass is 245 g/mol. The number of amides is 1. The van der Waals surface area contributed by atoms with Crippen molar-refractivity contribution in [2.24, 2.45) is 0 Å². The van der Waals surface area contributed by atoms with Gasteiger partial charge in [0, 0.05) is 32.3 Å². The Hall–Kier alpha value is -0.650.